The van der Waals surface area contributed by atoms with Gasteiger partial charge in [0, 0.05) is 45.3 Å². The minimum Gasteiger partial charge on any atom is -0.506 e. The lowest BCUT2D eigenvalue weighted by atomic mass is 10.1. The predicted molar refractivity (Wildman–Crippen MR) is 118 cm³/mol. The number of rotatable bonds is 6. The van der Waals surface area contributed by atoms with Crippen LogP contribution in [0.2, 0.25) is 0 Å². The van der Waals surface area contributed by atoms with Crippen LogP contribution in [0.4, 0.5) is 5.69 Å². The van der Waals surface area contributed by atoms with E-state index < -0.39 is 0 Å². The molecule has 0 spiro atoms. The van der Waals surface area contributed by atoms with Crippen molar-refractivity contribution in [2.24, 2.45) is 4.99 Å². The maximum atomic E-state index is 10.1. The molecule has 0 atom stereocenters. The summed E-state index contributed by atoms with van der Waals surface area (Å²) in [4.78, 5) is 8.84. The molecule has 162 valence electrons. The number of ether oxygens (including phenoxy) is 3. The van der Waals surface area contributed by atoms with Crippen LogP contribution >= 0.6 is 0 Å². The minimum absolute atomic E-state index is 0.314. The molecular formula is C22H30N4O4. The van der Waals surface area contributed by atoms with Gasteiger partial charge < -0.3 is 34.4 Å². The fraction of sp³-hybridized carbons (Fsp3) is 0.409. The van der Waals surface area contributed by atoms with Gasteiger partial charge in [0.1, 0.15) is 5.75 Å². The first-order valence-electron chi connectivity index (χ1n) is 9.89. The van der Waals surface area contributed by atoms with E-state index in [1.54, 1.807) is 34.4 Å². The van der Waals surface area contributed by atoms with Crippen molar-refractivity contribution in [1.82, 2.24) is 10.2 Å². The van der Waals surface area contributed by atoms with Crippen LogP contribution < -0.4 is 24.4 Å². The van der Waals surface area contributed by atoms with E-state index >= 15 is 0 Å². The maximum absolute atomic E-state index is 10.1. The Morgan fingerprint density at radius 3 is 2.27 bits per heavy atom. The number of para-hydroxylation sites is 2. The molecule has 3 rings (SSSR count). The second-order valence-electron chi connectivity index (χ2n) is 6.86. The van der Waals surface area contributed by atoms with Crippen LogP contribution in [0.15, 0.2) is 41.4 Å². The number of benzene rings is 2. The molecule has 8 nitrogen and oxygen atoms in total. The second kappa shape index (κ2) is 9.96. The molecule has 2 N–H and O–H groups in total. The number of guanidine groups is 1. The molecule has 0 aliphatic carbocycles. The van der Waals surface area contributed by atoms with Crippen molar-refractivity contribution in [1.29, 1.82) is 0 Å². The highest BCUT2D eigenvalue weighted by molar-refractivity contribution is 5.80. The SMILES string of the molecule is CN=C(NCc1ccc(OC)c(OC)c1OC)N1CCN(c2ccccc2O)CC1. The third-order valence-electron chi connectivity index (χ3n) is 5.24. The van der Waals surface area contributed by atoms with Crippen LogP contribution in [0.25, 0.3) is 0 Å². The van der Waals surface area contributed by atoms with Gasteiger partial charge in [-0.15, -0.1) is 0 Å². The molecule has 1 fully saturated rings. The minimum atomic E-state index is 0.314. The summed E-state index contributed by atoms with van der Waals surface area (Å²) < 4.78 is 16.4. The molecular weight excluding hydrogens is 384 g/mol. The number of hydrogen-bond donors (Lipinski definition) is 2. The van der Waals surface area contributed by atoms with Gasteiger partial charge in [-0.3, -0.25) is 4.99 Å². The Kier molecular flexibility index (Phi) is 7.11. The highest BCUT2D eigenvalue weighted by atomic mass is 16.5. The molecule has 0 saturated carbocycles. The van der Waals surface area contributed by atoms with Crippen LogP contribution in [0.5, 0.6) is 23.0 Å². The van der Waals surface area contributed by atoms with Gasteiger partial charge in [0.2, 0.25) is 5.75 Å². The van der Waals surface area contributed by atoms with Crippen molar-refractivity contribution < 1.29 is 19.3 Å². The number of phenolic OH excluding ortho intramolecular Hbond substituents is 1. The van der Waals surface area contributed by atoms with Crippen molar-refractivity contribution in [2.75, 3.05) is 59.5 Å². The summed E-state index contributed by atoms with van der Waals surface area (Å²) in [5.74, 6) is 2.98. The van der Waals surface area contributed by atoms with Gasteiger partial charge in [-0.1, -0.05) is 12.1 Å². The van der Waals surface area contributed by atoms with Gasteiger partial charge in [0.05, 0.1) is 27.0 Å². The zero-order chi connectivity index (χ0) is 21.5. The van der Waals surface area contributed by atoms with E-state index in [2.05, 4.69) is 20.1 Å². The van der Waals surface area contributed by atoms with Gasteiger partial charge in [-0.2, -0.15) is 0 Å². The van der Waals surface area contributed by atoms with Crippen molar-refractivity contribution in [3.8, 4) is 23.0 Å². The van der Waals surface area contributed by atoms with E-state index in [0.717, 1.165) is 43.4 Å². The van der Waals surface area contributed by atoms with Crippen LogP contribution in [0.1, 0.15) is 5.56 Å². The van der Waals surface area contributed by atoms with E-state index in [9.17, 15) is 5.11 Å². The number of phenols is 1. The molecule has 1 aliphatic rings. The van der Waals surface area contributed by atoms with E-state index in [-0.39, 0.29) is 0 Å². The van der Waals surface area contributed by atoms with Crippen molar-refractivity contribution in [3.05, 3.63) is 42.0 Å². The van der Waals surface area contributed by atoms with Gasteiger partial charge in [-0.25, -0.2) is 0 Å². The summed E-state index contributed by atoms with van der Waals surface area (Å²) in [5, 5.41) is 13.5. The zero-order valence-corrected chi connectivity index (χ0v) is 18.0. The predicted octanol–water partition coefficient (Wildman–Crippen LogP) is 2.32. The van der Waals surface area contributed by atoms with Gasteiger partial charge >= 0.3 is 0 Å². The fourth-order valence-corrected chi connectivity index (χ4v) is 3.70. The lowest BCUT2D eigenvalue weighted by molar-refractivity contribution is 0.321. The lowest BCUT2D eigenvalue weighted by Gasteiger charge is -2.37. The molecule has 0 unspecified atom stereocenters. The Morgan fingerprint density at radius 1 is 0.967 bits per heavy atom. The number of aliphatic imine (C=N–C) groups is 1. The first kappa shape index (κ1) is 21.4. The zero-order valence-electron chi connectivity index (χ0n) is 18.0. The van der Waals surface area contributed by atoms with Gasteiger partial charge in [-0.05, 0) is 24.3 Å². The third-order valence-corrected chi connectivity index (χ3v) is 5.24. The second-order valence-corrected chi connectivity index (χ2v) is 6.86. The molecule has 0 aromatic heterocycles. The summed E-state index contributed by atoms with van der Waals surface area (Å²) >= 11 is 0. The molecule has 0 radical (unpaired) electrons. The largest absolute Gasteiger partial charge is 0.506 e. The summed E-state index contributed by atoms with van der Waals surface area (Å²) in [7, 11) is 6.60. The molecule has 2 aromatic rings. The summed E-state index contributed by atoms with van der Waals surface area (Å²) in [6.45, 7) is 3.75. The highest BCUT2D eigenvalue weighted by Gasteiger charge is 2.22. The molecule has 0 bridgehead atoms. The maximum Gasteiger partial charge on any atom is 0.203 e. The first-order valence-corrected chi connectivity index (χ1v) is 9.89. The van der Waals surface area contributed by atoms with E-state index in [1.165, 1.54) is 0 Å². The average molecular weight is 415 g/mol. The monoisotopic (exact) mass is 414 g/mol. The topological polar surface area (TPSA) is 78.8 Å². The third kappa shape index (κ3) is 4.48. The normalized spacial score (nSPS) is 14.5. The van der Waals surface area contributed by atoms with Crippen LogP contribution in [0, 0.1) is 0 Å². The summed E-state index contributed by atoms with van der Waals surface area (Å²) in [6.07, 6.45) is 0. The molecule has 0 amide bonds. The van der Waals surface area contributed by atoms with E-state index in [0.29, 0.717) is 29.5 Å². The van der Waals surface area contributed by atoms with E-state index in [4.69, 9.17) is 14.2 Å². The number of piperazine rings is 1. The van der Waals surface area contributed by atoms with Gasteiger partial charge in [0.25, 0.3) is 0 Å². The molecule has 1 heterocycles. The lowest BCUT2D eigenvalue weighted by Crippen LogP contribution is -2.52. The van der Waals surface area contributed by atoms with E-state index in [1.807, 2.05) is 30.3 Å². The van der Waals surface area contributed by atoms with Crippen molar-refractivity contribution in [3.63, 3.8) is 0 Å². The number of anilines is 1. The van der Waals surface area contributed by atoms with Crippen LogP contribution in [0.3, 0.4) is 0 Å². The summed E-state index contributed by atoms with van der Waals surface area (Å²) in [5.41, 5.74) is 1.82. The first-order chi connectivity index (χ1) is 14.6. The summed E-state index contributed by atoms with van der Waals surface area (Å²) in [6, 6.07) is 11.3. The Morgan fingerprint density at radius 2 is 1.67 bits per heavy atom. The molecule has 1 aliphatic heterocycles. The molecule has 30 heavy (non-hydrogen) atoms. The van der Waals surface area contributed by atoms with Gasteiger partial charge in [0.15, 0.2) is 17.5 Å². The molecule has 2 aromatic carbocycles. The standard InChI is InChI=1S/C22H30N4O4/c1-23-22(24-15-16-9-10-19(28-2)21(30-4)20(16)29-3)26-13-11-25(12-14-26)17-7-5-6-8-18(17)27/h5-10,27H,11-15H2,1-4H3,(H,23,24). The molecule has 8 heteroatoms. The highest BCUT2D eigenvalue weighted by Crippen LogP contribution is 2.39. The van der Waals surface area contributed by atoms with Crippen molar-refractivity contribution >= 4 is 11.6 Å². The smallest absolute Gasteiger partial charge is 0.203 e. The van der Waals surface area contributed by atoms with Crippen molar-refractivity contribution in [2.45, 2.75) is 6.54 Å². The quantitative estimate of drug-likeness (QED) is 0.555. The Labute approximate surface area is 177 Å². The number of aromatic hydroxyl groups is 1. The number of hydrogen-bond acceptors (Lipinski definition) is 6. The Balaban J connectivity index is 1.64. The van der Waals surface area contributed by atoms with Crippen LogP contribution in [-0.2, 0) is 6.54 Å². The number of nitrogens with zero attached hydrogens (tertiary/aromatic N) is 3. The Bertz CT molecular complexity index is 879. The average Bonchev–Trinajstić information content (AvgIpc) is 2.79. The number of methoxy groups -OCH3 is 3. The fourth-order valence-electron chi connectivity index (χ4n) is 3.70. The number of nitrogens with one attached hydrogen (secondary N) is 1. The van der Waals surface area contributed by atoms with Crippen LogP contribution in [-0.4, -0.2) is 70.5 Å². The molecule has 1 saturated heterocycles. The Hall–Kier alpha value is -3.29.